The van der Waals surface area contributed by atoms with Crippen LogP contribution in [-0.4, -0.2) is 29.9 Å². The van der Waals surface area contributed by atoms with Crippen LogP contribution in [0.25, 0.3) is 17.2 Å². The number of benzene rings is 1. The van der Waals surface area contributed by atoms with Gasteiger partial charge in [0.05, 0.1) is 40.0 Å². The fraction of sp³-hybridized carbons (Fsp3) is 0.346. The van der Waals surface area contributed by atoms with Gasteiger partial charge < -0.3 is 0 Å². The Balaban J connectivity index is 1.54. The number of hydrogen-bond acceptors (Lipinski definition) is 5. The average molecular weight is 477 g/mol. The van der Waals surface area contributed by atoms with Crippen LogP contribution >= 0.6 is 0 Å². The van der Waals surface area contributed by atoms with Gasteiger partial charge in [0.1, 0.15) is 11.6 Å². The lowest BCUT2D eigenvalue weighted by Crippen LogP contribution is -2.39. The third kappa shape index (κ3) is 2.87. The van der Waals surface area contributed by atoms with Crippen molar-refractivity contribution in [2.45, 2.75) is 51.4 Å². The lowest BCUT2D eigenvalue weighted by atomic mass is 9.66. The van der Waals surface area contributed by atoms with Crippen LogP contribution in [0.2, 0.25) is 0 Å². The predicted octanol–water partition coefficient (Wildman–Crippen LogP) is 5.30. The highest BCUT2D eigenvalue weighted by Gasteiger charge is 2.66. The van der Waals surface area contributed by atoms with Crippen LogP contribution in [0, 0.1) is 22.9 Å². The molecule has 3 heterocycles. The molecule has 2 aliphatic rings. The molecule has 0 saturated heterocycles. The average Bonchev–Trinajstić information content (AvgIpc) is 3.47. The molecule has 1 saturated carbocycles. The molecule has 2 aliphatic carbocycles. The summed E-state index contributed by atoms with van der Waals surface area (Å²) in [6.45, 7) is 6.14. The van der Waals surface area contributed by atoms with Gasteiger partial charge in [-0.25, -0.2) is 27.8 Å². The third-order valence-corrected chi connectivity index (χ3v) is 7.95. The Bertz CT molecular complexity index is 1460. The normalized spacial score (nSPS) is 21.9. The van der Waals surface area contributed by atoms with Crippen molar-refractivity contribution in [3.63, 3.8) is 0 Å². The topological polar surface area (TPSA) is 69.4 Å². The van der Waals surface area contributed by atoms with E-state index in [-0.39, 0.29) is 28.8 Å². The minimum absolute atomic E-state index is 0.01000. The van der Waals surface area contributed by atoms with Crippen molar-refractivity contribution in [2.24, 2.45) is 5.41 Å². The Kier molecular flexibility index (Phi) is 4.65. The van der Waals surface area contributed by atoms with Crippen LogP contribution in [0.1, 0.15) is 62.2 Å². The molecule has 1 fully saturated rings. The van der Waals surface area contributed by atoms with Gasteiger partial charge in [0, 0.05) is 6.20 Å². The van der Waals surface area contributed by atoms with E-state index in [4.69, 9.17) is 0 Å². The Morgan fingerprint density at radius 3 is 2.51 bits per heavy atom. The molecule has 0 radical (unpaired) electrons. The lowest BCUT2D eigenvalue weighted by molar-refractivity contribution is 0.235. The van der Waals surface area contributed by atoms with Crippen LogP contribution in [0.3, 0.4) is 0 Å². The molecular weight excluding hydrogens is 453 g/mol. The van der Waals surface area contributed by atoms with Crippen molar-refractivity contribution in [3.05, 3.63) is 82.8 Å². The molecule has 3 aromatic heterocycles. The molecular formula is C26H23F3N6. The summed E-state index contributed by atoms with van der Waals surface area (Å²) in [5.41, 5.74) is 1.18. The molecule has 9 heteroatoms. The highest BCUT2D eigenvalue weighted by Crippen LogP contribution is 2.69. The highest BCUT2D eigenvalue weighted by atomic mass is 19.1. The highest BCUT2D eigenvalue weighted by molar-refractivity contribution is 5.64. The van der Waals surface area contributed by atoms with Crippen LogP contribution in [-0.2, 0) is 11.8 Å². The smallest absolute Gasteiger partial charge is 0.217 e. The van der Waals surface area contributed by atoms with Crippen molar-refractivity contribution < 1.29 is 13.2 Å². The van der Waals surface area contributed by atoms with Gasteiger partial charge in [-0.15, -0.1) is 5.10 Å². The van der Waals surface area contributed by atoms with Gasteiger partial charge in [-0.05, 0) is 60.4 Å². The van der Waals surface area contributed by atoms with E-state index in [9.17, 15) is 8.78 Å². The number of fused-ring (bicyclic) bond motifs is 5. The molecule has 1 aromatic carbocycles. The van der Waals surface area contributed by atoms with E-state index in [1.807, 2.05) is 13.0 Å². The summed E-state index contributed by atoms with van der Waals surface area (Å²) in [7, 11) is 0. The van der Waals surface area contributed by atoms with E-state index in [0.29, 0.717) is 12.1 Å². The quantitative estimate of drug-likeness (QED) is 0.400. The summed E-state index contributed by atoms with van der Waals surface area (Å²) in [6, 6.07) is 7.29. The standard InChI is InChI=1S/C26H23F3N6/c1-4-14-9-11-35(34-14)24-30-13-19(29)23(31-24)26-10-8-16(25(26,2)3)15-12-20(32-33-22(15)26)21-17(27)6-5-7-18(21)28/h5-7,9,11-13,16H,4,8,10H2,1-3H3/t16-,26+/m0/s1. The van der Waals surface area contributed by atoms with Crippen molar-refractivity contribution >= 4 is 0 Å². The Morgan fingerprint density at radius 1 is 1.03 bits per heavy atom. The van der Waals surface area contributed by atoms with Crippen molar-refractivity contribution in [1.82, 2.24) is 29.9 Å². The first kappa shape index (κ1) is 21.9. The van der Waals surface area contributed by atoms with Gasteiger partial charge in [0.15, 0.2) is 5.82 Å². The Morgan fingerprint density at radius 2 is 1.80 bits per heavy atom. The minimum atomic E-state index is -0.852. The fourth-order valence-electron chi connectivity index (χ4n) is 6.14. The molecule has 0 amide bonds. The predicted molar refractivity (Wildman–Crippen MR) is 122 cm³/mol. The second kappa shape index (κ2) is 7.44. The van der Waals surface area contributed by atoms with E-state index < -0.39 is 28.3 Å². The van der Waals surface area contributed by atoms with Gasteiger partial charge in [-0.2, -0.15) is 10.2 Å². The van der Waals surface area contributed by atoms with Crippen LogP contribution in [0.5, 0.6) is 0 Å². The molecule has 178 valence electrons. The zero-order chi connectivity index (χ0) is 24.5. The maximum absolute atomic E-state index is 15.4. The summed E-state index contributed by atoms with van der Waals surface area (Å²) < 4.78 is 45.9. The summed E-state index contributed by atoms with van der Waals surface area (Å²) in [6.07, 6.45) is 5.09. The third-order valence-electron chi connectivity index (χ3n) is 7.95. The zero-order valence-corrected chi connectivity index (χ0v) is 19.6. The first-order valence-corrected chi connectivity index (χ1v) is 11.7. The van der Waals surface area contributed by atoms with Crippen molar-refractivity contribution in [2.75, 3.05) is 0 Å². The second-order valence-corrected chi connectivity index (χ2v) is 9.82. The largest absolute Gasteiger partial charge is 0.250 e. The second-order valence-electron chi connectivity index (χ2n) is 9.82. The first-order valence-electron chi connectivity index (χ1n) is 11.7. The van der Waals surface area contributed by atoms with E-state index in [1.54, 1.807) is 16.9 Å². The molecule has 4 aromatic rings. The van der Waals surface area contributed by atoms with Gasteiger partial charge >= 0.3 is 0 Å². The van der Waals surface area contributed by atoms with Crippen LogP contribution in [0.15, 0.2) is 42.7 Å². The van der Waals surface area contributed by atoms with E-state index in [1.165, 1.54) is 24.4 Å². The van der Waals surface area contributed by atoms with E-state index in [0.717, 1.165) is 24.1 Å². The fourth-order valence-corrected chi connectivity index (χ4v) is 6.14. The monoisotopic (exact) mass is 476 g/mol. The molecule has 2 atom stereocenters. The summed E-state index contributed by atoms with van der Waals surface area (Å²) in [5.74, 6) is -1.64. The number of rotatable bonds is 4. The maximum Gasteiger partial charge on any atom is 0.250 e. The zero-order valence-electron chi connectivity index (χ0n) is 19.6. The number of halogens is 3. The molecule has 35 heavy (non-hydrogen) atoms. The van der Waals surface area contributed by atoms with Gasteiger partial charge in [-0.1, -0.05) is 26.8 Å². The van der Waals surface area contributed by atoms with Crippen LogP contribution < -0.4 is 0 Å². The Labute approximate surface area is 200 Å². The maximum atomic E-state index is 15.4. The molecule has 0 spiro atoms. The van der Waals surface area contributed by atoms with Gasteiger partial charge in [0.2, 0.25) is 0 Å². The minimum Gasteiger partial charge on any atom is -0.217 e. The number of hydrogen-bond donors (Lipinski definition) is 0. The summed E-state index contributed by atoms with van der Waals surface area (Å²) in [4.78, 5) is 8.85. The summed E-state index contributed by atoms with van der Waals surface area (Å²) in [5, 5.41) is 13.1. The first-order chi connectivity index (χ1) is 16.8. The summed E-state index contributed by atoms with van der Waals surface area (Å²) >= 11 is 0. The van der Waals surface area contributed by atoms with E-state index in [2.05, 4.69) is 39.1 Å². The SMILES string of the molecule is CCc1ccn(-c2ncc(F)c([C@@]34CC[C@@H](c5cc(-c6c(F)cccc6F)nnc53)C4(C)C)n2)n1. The van der Waals surface area contributed by atoms with Crippen molar-refractivity contribution in [1.29, 1.82) is 0 Å². The van der Waals surface area contributed by atoms with Crippen molar-refractivity contribution in [3.8, 4) is 17.2 Å². The molecule has 0 aliphatic heterocycles. The molecule has 0 unspecified atom stereocenters. The lowest BCUT2D eigenvalue weighted by Gasteiger charge is -2.37. The molecule has 0 N–H and O–H groups in total. The number of nitrogens with zero attached hydrogens (tertiary/aromatic N) is 6. The molecule has 6 rings (SSSR count). The van der Waals surface area contributed by atoms with Gasteiger partial charge in [-0.3, -0.25) is 0 Å². The number of aromatic nitrogens is 6. The van der Waals surface area contributed by atoms with Crippen LogP contribution in [0.4, 0.5) is 13.2 Å². The van der Waals surface area contributed by atoms with E-state index >= 15 is 4.39 Å². The number of aryl methyl sites for hydroxylation is 1. The Hall–Kier alpha value is -3.62. The van der Waals surface area contributed by atoms with Gasteiger partial charge in [0.25, 0.3) is 5.95 Å². The molecule has 2 bridgehead atoms. The molecule has 6 nitrogen and oxygen atoms in total.